The first kappa shape index (κ1) is 11.7. The first-order chi connectivity index (χ1) is 7.04. The maximum Gasteiger partial charge on any atom is 0.151 e. The van der Waals surface area contributed by atoms with Gasteiger partial charge in [-0.3, -0.25) is 0 Å². The standard InChI is InChI=1S/C9H12F2N2O2/c10-7-1-5(12)2-8(11)9(7)13-3-6(15)4-14/h1-2,6,13-15H,3-4,12H2. The van der Waals surface area contributed by atoms with Crippen LogP contribution >= 0.6 is 0 Å². The summed E-state index contributed by atoms with van der Waals surface area (Å²) in [7, 11) is 0. The van der Waals surface area contributed by atoms with E-state index < -0.39 is 24.3 Å². The Hall–Kier alpha value is -1.40. The van der Waals surface area contributed by atoms with Crippen LogP contribution in [-0.2, 0) is 0 Å². The molecule has 1 aromatic rings. The van der Waals surface area contributed by atoms with Crippen molar-refractivity contribution in [2.24, 2.45) is 0 Å². The molecule has 0 amide bonds. The third kappa shape index (κ3) is 3.03. The van der Waals surface area contributed by atoms with Gasteiger partial charge in [-0.2, -0.15) is 0 Å². The van der Waals surface area contributed by atoms with Gasteiger partial charge in [0.05, 0.1) is 12.7 Å². The van der Waals surface area contributed by atoms with Crippen LogP contribution in [0.25, 0.3) is 0 Å². The molecule has 0 spiro atoms. The molecule has 1 rings (SSSR count). The Bertz CT molecular complexity index is 324. The van der Waals surface area contributed by atoms with Gasteiger partial charge in [-0.1, -0.05) is 0 Å². The number of aliphatic hydroxyl groups is 2. The lowest BCUT2D eigenvalue weighted by Crippen LogP contribution is -2.23. The molecule has 84 valence electrons. The summed E-state index contributed by atoms with van der Waals surface area (Å²) >= 11 is 0. The van der Waals surface area contributed by atoms with Crippen LogP contribution in [0.1, 0.15) is 0 Å². The van der Waals surface area contributed by atoms with Crippen molar-refractivity contribution in [2.75, 3.05) is 24.2 Å². The van der Waals surface area contributed by atoms with Crippen molar-refractivity contribution in [3.63, 3.8) is 0 Å². The van der Waals surface area contributed by atoms with Crippen molar-refractivity contribution in [2.45, 2.75) is 6.10 Å². The highest BCUT2D eigenvalue weighted by Gasteiger charge is 2.11. The smallest absolute Gasteiger partial charge is 0.151 e. The average Bonchev–Trinajstić information content (AvgIpc) is 2.15. The lowest BCUT2D eigenvalue weighted by molar-refractivity contribution is 0.105. The first-order valence-corrected chi connectivity index (χ1v) is 4.32. The zero-order valence-corrected chi connectivity index (χ0v) is 7.87. The van der Waals surface area contributed by atoms with Crippen molar-refractivity contribution in [1.29, 1.82) is 0 Å². The molecule has 0 fully saturated rings. The number of halogens is 2. The predicted molar refractivity (Wildman–Crippen MR) is 52.4 cm³/mol. The Kier molecular flexibility index (Phi) is 3.81. The summed E-state index contributed by atoms with van der Waals surface area (Å²) in [6.45, 7) is -0.626. The molecule has 1 unspecified atom stereocenters. The molecule has 0 aliphatic heterocycles. The minimum atomic E-state index is -1.07. The van der Waals surface area contributed by atoms with E-state index >= 15 is 0 Å². The van der Waals surface area contributed by atoms with E-state index in [0.717, 1.165) is 12.1 Å². The van der Waals surface area contributed by atoms with Gasteiger partial charge in [0, 0.05) is 12.2 Å². The fraction of sp³-hybridized carbons (Fsp3) is 0.333. The summed E-state index contributed by atoms with van der Waals surface area (Å²) in [5.74, 6) is -1.67. The molecule has 0 saturated carbocycles. The second-order valence-electron chi connectivity index (χ2n) is 3.08. The second-order valence-corrected chi connectivity index (χ2v) is 3.08. The second kappa shape index (κ2) is 4.90. The summed E-state index contributed by atoms with van der Waals surface area (Å²) in [5.41, 5.74) is 4.83. The molecule has 1 aromatic carbocycles. The Labute approximate surface area is 85.3 Å². The average molecular weight is 218 g/mol. The molecule has 0 bridgehead atoms. The molecule has 0 aromatic heterocycles. The number of benzene rings is 1. The van der Waals surface area contributed by atoms with Crippen molar-refractivity contribution >= 4 is 11.4 Å². The van der Waals surface area contributed by atoms with Crippen LogP contribution in [-0.4, -0.2) is 29.5 Å². The van der Waals surface area contributed by atoms with E-state index in [1.165, 1.54) is 0 Å². The molecule has 0 saturated heterocycles. The maximum atomic E-state index is 13.1. The highest BCUT2D eigenvalue weighted by Crippen LogP contribution is 2.21. The Morgan fingerprint density at radius 2 is 1.87 bits per heavy atom. The maximum absolute atomic E-state index is 13.1. The van der Waals surface area contributed by atoms with E-state index in [1.54, 1.807) is 0 Å². The summed E-state index contributed by atoms with van der Waals surface area (Å²) < 4.78 is 26.3. The van der Waals surface area contributed by atoms with Crippen LogP contribution in [0.2, 0.25) is 0 Å². The molecule has 0 heterocycles. The fourth-order valence-electron chi connectivity index (χ4n) is 1.05. The van der Waals surface area contributed by atoms with E-state index in [4.69, 9.17) is 15.9 Å². The summed E-state index contributed by atoms with van der Waals surface area (Å²) in [5, 5.41) is 19.8. The molecular weight excluding hydrogens is 206 g/mol. The van der Waals surface area contributed by atoms with E-state index in [0.29, 0.717) is 0 Å². The van der Waals surface area contributed by atoms with Crippen molar-refractivity contribution in [3.8, 4) is 0 Å². The fourth-order valence-corrected chi connectivity index (χ4v) is 1.05. The van der Waals surface area contributed by atoms with Crippen LogP contribution in [0.3, 0.4) is 0 Å². The van der Waals surface area contributed by atoms with Gasteiger partial charge < -0.3 is 21.3 Å². The molecule has 15 heavy (non-hydrogen) atoms. The van der Waals surface area contributed by atoms with Crippen molar-refractivity contribution < 1.29 is 19.0 Å². The van der Waals surface area contributed by atoms with E-state index in [9.17, 15) is 8.78 Å². The molecule has 6 heteroatoms. The largest absolute Gasteiger partial charge is 0.399 e. The Balaban J connectivity index is 2.77. The molecule has 1 atom stereocenters. The normalized spacial score (nSPS) is 12.5. The summed E-state index contributed by atoms with van der Waals surface area (Å²) in [6, 6.07) is 1.94. The van der Waals surface area contributed by atoms with Gasteiger partial charge in [-0.25, -0.2) is 8.78 Å². The summed E-state index contributed by atoms with van der Waals surface area (Å²) in [4.78, 5) is 0. The lowest BCUT2D eigenvalue weighted by Gasteiger charge is -2.12. The van der Waals surface area contributed by atoms with Gasteiger partial charge in [-0.05, 0) is 12.1 Å². The zero-order valence-electron chi connectivity index (χ0n) is 7.87. The Morgan fingerprint density at radius 1 is 1.33 bits per heavy atom. The lowest BCUT2D eigenvalue weighted by atomic mass is 10.2. The van der Waals surface area contributed by atoms with Gasteiger partial charge in [0.2, 0.25) is 0 Å². The SMILES string of the molecule is Nc1cc(F)c(NCC(O)CO)c(F)c1. The van der Waals surface area contributed by atoms with Gasteiger partial charge >= 0.3 is 0 Å². The van der Waals surface area contributed by atoms with Crippen LogP contribution in [0.4, 0.5) is 20.2 Å². The predicted octanol–water partition coefficient (Wildman–Crippen LogP) is 0.312. The van der Waals surface area contributed by atoms with Crippen molar-refractivity contribution in [3.05, 3.63) is 23.8 Å². The minimum absolute atomic E-state index is 0.0155. The van der Waals surface area contributed by atoms with Crippen molar-refractivity contribution in [1.82, 2.24) is 0 Å². The first-order valence-electron chi connectivity index (χ1n) is 4.32. The molecule has 0 aliphatic carbocycles. The highest BCUT2D eigenvalue weighted by atomic mass is 19.1. The quantitative estimate of drug-likeness (QED) is 0.548. The minimum Gasteiger partial charge on any atom is -0.399 e. The molecule has 4 nitrogen and oxygen atoms in total. The topological polar surface area (TPSA) is 78.5 Å². The van der Waals surface area contributed by atoms with E-state index in [1.807, 2.05) is 0 Å². The molecule has 5 N–H and O–H groups in total. The van der Waals surface area contributed by atoms with Crippen LogP contribution < -0.4 is 11.1 Å². The number of rotatable bonds is 4. The zero-order chi connectivity index (χ0) is 11.4. The van der Waals surface area contributed by atoms with Gasteiger partial charge in [0.1, 0.15) is 5.69 Å². The third-order valence-electron chi connectivity index (χ3n) is 1.79. The van der Waals surface area contributed by atoms with E-state index in [2.05, 4.69) is 5.32 Å². The number of hydrogen-bond donors (Lipinski definition) is 4. The number of aliphatic hydroxyl groups excluding tert-OH is 2. The highest BCUT2D eigenvalue weighted by molar-refractivity contribution is 5.54. The number of nitrogens with one attached hydrogen (secondary N) is 1. The van der Waals surface area contributed by atoms with Crippen LogP contribution in [0.5, 0.6) is 0 Å². The number of nitrogen functional groups attached to an aromatic ring is 1. The van der Waals surface area contributed by atoms with Gasteiger partial charge in [0.15, 0.2) is 11.6 Å². The third-order valence-corrected chi connectivity index (χ3v) is 1.79. The van der Waals surface area contributed by atoms with E-state index in [-0.39, 0.29) is 17.9 Å². The Morgan fingerprint density at radius 3 is 2.33 bits per heavy atom. The molecule has 0 aliphatic rings. The van der Waals surface area contributed by atoms with Crippen LogP contribution in [0.15, 0.2) is 12.1 Å². The molecule has 0 radical (unpaired) electrons. The van der Waals surface area contributed by atoms with Gasteiger partial charge in [0.25, 0.3) is 0 Å². The van der Waals surface area contributed by atoms with Gasteiger partial charge in [-0.15, -0.1) is 0 Å². The monoisotopic (exact) mass is 218 g/mol. The number of nitrogens with two attached hydrogens (primary N) is 1. The summed E-state index contributed by atoms with van der Waals surface area (Å²) in [6.07, 6.45) is -1.07. The number of anilines is 2. The molecular formula is C9H12F2N2O2. The number of hydrogen-bond acceptors (Lipinski definition) is 4. The van der Waals surface area contributed by atoms with Crippen LogP contribution in [0, 0.1) is 11.6 Å².